The van der Waals surface area contributed by atoms with E-state index < -0.39 is 0 Å². The number of aromatic nitrogens is 2. The van der Waals surface area contributed by atoms with Gasteiger partial charge in [0, 0.05) is 17.4 Å². The number of hydrogen-bond acceptors (Lipinski definition) is 6. The molecule has 0 spiro atoms. The maximum absolute atomic E-state index is 11.8. The average Bonchev–Trinajstić information content (AvgIpc) is 2.99. The monoisotopic (exact) mass is 308 g/mol. The van der Waals surface area contributed by atoms with Gasteiger partial charge >= 0.3 is 0 Å². The topological polar surface area (TPSA) is 97.1 Å². The lowest BCUT2D eigenvalue weighted by atomic mass is 10.2. The Bertz CT molecular complexity index is 647. The van der Waals surface area contributed by atoms with Crippen LogP contribution in [-0.2, 0) is 16.0 Å². The molecular weight excluding hydrogens is 292 g/mol. The van der Waals surface area contributed by atoms with Crippen LogP contribution >= 0.6 is 11.3 Å². The third kappa shape index (κ3) is 4.38. The third-order valence-electron chi connectivity index (χ3n) is 2.54. The fourth-order valence-corrected chi connectivity index (χ4v) is 2.19. The first-order chi connectivity index (χ1) is 9.94. The van der Waals surface area contributed by atoms with Crippen molar-refractivity contribution in [2.75, 3.05) is 10.6 Å². The molecule has 2 aromatic rings. The minimum Gasteiger partial charge on any atom is -0.360 e. The number of carbonyl (C=O) groups excluding carboxylic acids is 2. The summed E-state index contributed by atoms with van der Waals surface area (Å²) in [4.78, 5) is 27.6. The molecular formula is C13H16N4O3S. The summed E-state index contributed by atoms with van der Waals surface area (Å²) in [5.41, 5.74) is 0.594. The van der Waals surface area contributed by atoms with Gasteiger partial charge in [-0.3, -0.25) is 9.59 Å². The van der Waals surface area contributed by atoms with Gasteiger partial charge in [-0.15, -0.1) is 11.3 Å². The van der Waals surface area contributed by atoms with Crippen molar-refractivity contribution in [3.63, 3.8) is 0 Å². The van der Waals surface area contributed by atoms with Crippen LogP contribution in [0.25, 0.3) is 0 Å². The Labute approximate surface area is 125 Å². The molecule has 0 fully saturated rings. The summed E-state index contributed by atoms with van der Waals surface area (Å²) < 4.78 is 4.86. The van der Waals surface area contributed by atoms with Crippen molar-refractivity contribution in [1.82, 2.24) is 10.1 Å². The van der Waals surface area contributed by atoms with Crippen molar-refractivity contribution in [3.8, 4) is 0 Å². The van der Waals surface area contributed by atoms with Gasteiger partial charge in [-0.1, -0.05) is 19.0 Å². The molecule has 0 unspecified atom stereocenters. The van der Waals surface area contributed by atoms with Gasteiger partial charge in [0.15, 0.2) is 10.9 Å². The van der Waals surface area contributed by atoms with Crippen molar-refractivity contribution in [3.05, 3.63) is 22.9 Å². The van der Waals surface area contributed by atoms with E-state index in [1.807, 2.05) is 0 Å². The Kier molecular flexibility index (Phi) is 4.69. The van der Waals surface area contributed by atoms with Crippen LogP contribution in [0.2, 0.25) is 0 Å². The molecule has 0 aliphatic heterocycles. The van der Waals surface area contributed by atoms with E-state index in [0.717, 1.165) is 0 Å². The van der Waals surface area contributed by atoms with Crippen LogP contribution < -0.4 is 10.6 Å². The second-order valence-electron chi connectivity index (χ2n) is 4.84. The molecule has 0 bridgehead atoms. The number of carbonyl (C=O) groups is 2. The number of nitrogens with zero attached hydrogens (tertiary/aromatic N) is 2. The van der Waals surface area contributed by atoms with Crippen LogP contribution in [0.5, 0.6) is 0 Å². The molecule has 0 aliphatic carbocycles. The van der Waals surface area contributed by atoms with Gasteiger partial charge in [0.1, 0.15) is 5.76 Å². The highest BCUT2D eigenvalue weighted by molar-refractivity contribution is 7.13. The number of hydrogen-bond donors (Lipinski definition) is 2. The van der Waals surface area contributed by atoms with Gasteiger partial charge in [0.25, 0.3) is 0 Å². The largest absolute Gasteiger partial charge is 0.360 e. The van der Waals surface area contributed by atoms with Gasteiger partial charge in [-0.25, -0.2) is 4.98 Å². The van der Waals surface area contributed by atoms with Crippen LogP contribution in [0, 0.1) is 12.8 Å². The highest BCUT2D eigenvalue weighted by Crippen LogP contribution is 2.17. The van der Waals surface area contributed by atoms with Gasteiger partial charge < -0.3 is 15.2 Å². The minimum atomic E-state index is -0.240. The lowest BCUT2D eigenvalue weighted by Gasteiger charge is -2.03. The summed E-state index contributed by atoms with van der Waals surface area (Å²) in [5.74, 6) is 0.545. The quantitative estimate of drug-likeness (QED) is 0.882. The Morgan fingerprint density at radius 2 is 2.14 bits per heavy atom. The Morgan fingerprint density at radius 1 is 1.38 bits per heavy atom. The SMILES string of the molecule is Cc1cc(NC(=O)Cc2csc(NC(=O)C(C)C)n2)no1. The summed E-state index contributed by atoms with van der Waals surface area (Å²) in [7, 11) is 0. The molecule has 0 saturated heterocycles. The van der Waals surface area contributed by atoms with E-state index in [1.165, 1.54) is 11.3 Å². The number of rotatable bonds is 5. The molecule has 21 heavy (non-hydrogen) atoms. The highest BCUT2D eigenvalue weighted by Gasteiger charge is 2.12. The van der Waals surface area contributed by atoms with Crippen molar-refractivity contribution < 1.29 is 14.1 Å². The molecule has 0 saturated carbocycles. The van der Waals surface area contributed by atoms with Crippen molar-refractivity contribution in [2.45, 2.75) is 27.2 Å². The van der Waals surface area contributed by atoms with Crippen LogP contribution in [0.15, 0.2) is 16.0 Å². The summed E-state index contributed by atoms with van der Waals surface area (Å²) in [6, 6.07) is 1.63. The summed E-state index contributed by atoms with van der Waals surface area (Å²) in [6.07, 6.45) is 0.111. The van der Waals surface area contributed by atoms with Gasteiger partial charge in [-0.05, 0) is 6.92 Å². The van der Waals surface area contributed by atoms with Crippen molar-refractivity contribution in [1.29, 1.82) is 0 Å². The smallest absolute Gasteiger partial charge is 0.231 e. The first-order valence-electron chi connectivity index (χ1n) is 6.42. The van der Waals surface area contributed by atoms with Crippen molar-refractivity contribution in [2.24, 2.45) is 5.92 Å². The molecule has 0 aliphatic rings. The van der Waals surface area contributed by atoms with Gasteiger partial charge in [0.05, 0.1) is 12.1 Å². The third-order valence-corrected chi connectivity index (χ3v) is 3.35. The molecule has 2 amide bonds. The van der Waals surface area contributed by atoms with E-state index in [0.29, 0.717) is 22.4 Å². The highest BCUT2D eigenvalue weighted by atomic mass is 32.1. The molecule has 0 aromatic carbocycles. The number of nitrogens with one attached hydrogen (secondary N) is 2. The van der Waals surface area contributed by atoms with Crippen LogP contribution in [0.1, 0.15) is 25.3 Å². The summed E-state index contributed by atoms with van der Waals surface area (Å²) in [5, 5.41) is 11.2. The second-order valence-corrected chi connectivity index (χ2v) is 5.69. The minimum absolute atomic E-state index is 0.0987. The van der Waals surface area contributed by atoms with Crippen LogP contribution in [-0.4, -0.2) is 22.0 Å². The van der Waals surface area contributed by atoms with Gasteiger partial charge in [-0.2, -0.15) is 0 Å². The molecule has 2 rings (SSSR count). The number of thiazole rings is 1. The fraction of sp³-hybridized carbons (Fsp3) is 0.385. The van der Waals surface area contributed by atoms with Crippen LogP contribution in [0.3, 0.4) is 0 Å². The van der Waals surface area contributed by atoms with E-state index in [2.05, 4.69) is 20.8 Å². The molecule has 2 heterocycles. The summed E-state index contributed by atoms with van der Waals surface area (Å²) >= 11 is 1.29. The Hall–Kier alpha value is -2.22. The lowest BCUT2D eigenvalue weighted by Crippen LogP contribution is -2.18. The normalized spacial score (nSPS) is 10.7. The molecule has 2 N–H and O–H groups in total. The zero-order valence-corrected chi connectivity index (χ0v) is 12.8. The molecule has 0 radical (unpaired) electrons. The van der Waals surface area contributed by atoms with Crippen LogP contribution in [0.4, 0.5) is 10.9 Å². The van der Waals surface area contributed by atoms with E-state index in [-0.39, 0.29) is 24.2 Å². The van der Waals surface area contributed by atoms with E-state index in [4.69, 9.17) is 4.52 Å². The zero-order chi connectivity index (χ0) is 15.4. The fourth-order valence-electron chi connectivity index (χ4n) is 1.47. The number of aryl methyl sites for hydroxylation is 1. The molecule has 8 heteroatoms. The molecule has 7 nitrogen and oxygen atoms in total. The number of amides is 2. The molecule has 0 atom stereocenters. The lowest BCUT2D eigenvalue weighted by molar-refractivity contribution is -0.119. The van der Waals surface area contributed by atoms with Gasteiger partial charge in [0.2, 0.25) is 11.8 Å². The zero-order valence-electron chi connectivity index (χ0n) is 12.0. The maximum atomic E-state index is 11.8. The predicted molar refractivity (Wildman–Crippen MR) is 79.2 cm³/mol. The van der Waals surface area contributed by atoms with E-state index in [9.17, 15) is 9.59 Å². The first-order valence-corrected chi connectivity index (χ1v) is 7.30. The standard InChI is InChI=1S/C13H16N4O3S/c1-7(2)12(19)16-13-14-9(6-21-13)5-11(18)15-10-4-8(3)20-17-10/h4,6-7H,5H2,1-3H3,(H,14,16,19)(H,15,17,18). The first kappa shape index (κ1) is 15.2. The maximum Gasteiger partial charge on any atom is 0.231 e. The van der Waals surface area contributed by atoms with E-state index >= 15 is 0 Å². The molecule has 112 valence electrons. The van der Waals surface area contributed by atoms with Crippen molar-refractivity contribution >= 4 is 34.1 Å². The predicted octanol–water partition coefficient (Wildman–Crippen LogP) is 2.22. The second kappa shape index (κ2) is 6.49. The molecule has 2 aromatic heterocycles. The Balaban J connectivity index is 1.90. The number of anilines is 2. The Morgan fingerprint density at radius 3 is 2.76 bits per heavy atom. The summed E-state index contributed by atoms with van der Waals surface area (Å²) in [6.45, 7) is 5.35. The average molecular weight is 308 g/mol. The van der Waals surface area contributed by atoms with E-state index in [1.54, 1.807) is 32.2 Å².